The van der Waals surface area contributed by atoms with E-state index in [0.29, 0.717) is 47.0 Å². The number of rotatable bonds is 9. The Morgan fingerprint density at radius 2 is 2.00 bits per heavy atom. The minimum atomic E-state index is -0.380. The van der Waals surface area contributed by atoms with Crippen LogP contribution in [-0.4, -0.2) is 33.2 Å². The van der Waals surface area contributed by atoms with E-state index in [9.17, 15) is 0 Å². The molecule has 1 unspecified atom stereocenters. The summed E-state index contributed by atoms with van der Waals surface area (Å²) < 4.78 is 6.11. The number of aliphatic hydroxyl groups excluding tert-OH is 1. The number of anilines is 1. The van der Waals surface area contributed by atoms with Crippen molar-refractivity contribution in [1.82, 2.24) is 15.0 Å². The number of halogens is 2. The first kappa shape index (κ1) is 19.5. The molecule has 2 heterocycles. The molecule has 8 heteroatoms. The molecule has 0 fully saturated rings. The van der Waals surface area contributed by atoms with Crippen molar-refractivity contribution in [2.75, 3.05) is 18.5 Å². The van der Waals surface area contributed by atoms with Gasteiger partial charge in [0.1, 0.15) is 11.6 Å². The third kappa shape index (κ3) is 5.85. The number of imidazole rings is 1. The second-order valence-electron chi connectivity index (χ2n) is 5.93. The van der Waals surface area contributed by atoms with Gasteiger partial charge in [0.2, 0.25) is 5.88 Å². The first-order valence-electron chi connectivity index (χ1n) is 8.57. The van der Waals surface area contributed by atoms with Crippen LogP contribution in [0.3, 0.4) is 0 Å². The van der Waals surface area contributed by atoms with Gasteiger partial charge in [-0.2, -0.15) is 4.98 Å². The zero-order chi connectivity index (χ0) is 19.1. The molecular formula is C19H20Cl2N4O2. The zero-order valence-electron chi connectivity index (χ0n) is 14.5. The predicted molar refractivity (Wildman–Crippen MR) is 107 cm³/mol. The minimum Gasteiger partial charge on any atom is -0.466 e. The van der Waals surface area contributed by atoms with Gasteiger partial charge in [-0.15, -0.1) is 0 Å². The molecule has 142 valence electrons. The summed E-state index contributed by atoms with van der Waals surface area (Å²) in [5.74, 6) is 1.84. The first-order valence-corrected chi connectivity index (χ1v) is 9.32. The van der Waals surface area contributed by atoms with Crippen molar-refractivity contribution in [2.45, 2.75) is 18.9 Å². The molecule has 0 bridgehead atoms. The summed E-state index contributed by atoms with van der Waals surface area (Å²) in [6.07, 6.45) is 4.22. The third-order valence-electron chi connectivity index (χ3n) is 3.80. The Bertz CT molecular complexity index is 838. The number of H-pyrrole nitrogens is 1. The van der Waals surface area contributed by atoms with Crippen LogP contribution in [0.4, 0.5) is 5.82 Å². The normalized spacial score (nSPS) is 12.0. The van der Waals surface area contributed by atoms with E-state index in [2.05, 4.69) is 20.3 Å². The second kappa shape index (κ2) is 9.60. The van der Waals surface area contributed by atoms with Crippen molar-refractivity contribution < 1.29 is 9.84 Å². The van der Waals surface area contributed by atoms with Crippen molar-refractivity contribution in [3.05, 3.63) is 70.2 Å². The topological polar surface area (TPSA) is 83.1 Å². The van der Waals surface area contributed by atoms with Crippen LogP contribution in [0.5, 0.6) is 5.88 Å². The standard InChI is InChI=1S/C19H20Cl2N4O2/c20-14-9-13(10-15(21)12-14)11-16(19-23-6-7-24-19)27-18-4-1-3-17(25-18)22-5-2-8-26/h1,3-4,6-7,9-10,12,16,26H,2,5,8,11H2,(H,22,25)(H,23,24). The zero-order valence-corrected chi connectivity index (χ0v) is 16.0. The Balaban J connectivity index is 1.77. The lowest BCUT2D eigenvalue weighted by molar-refractivity contribution is 0.189. The molecule has 0 saturated heterocycles. The van der Waals surface area contributed by atoms with Gasteiger partial charge < -0.3 is 20.1 Å². The third-order valence-corrected chi connectivity index (χ3v) is 4.23. The van der Waals surface area contributed by atoms with Gasteiger partial charge in [-0.25, -0.2) is 4.98 Å². The fraction of sp³-hybridized carbons (Fsp3) is 0.263. The second-order valence-corrected chi connectivity index (χ2v) is 6.80. The highest BCUT2D eigenvalue weighted by molar-refractivity contribution is 6.34. The molecule has 1 aromatic carbocycles. The van der Waals surface area contributed by atoms with Crippen molar-refractivity contribution in [3.8, 4) is 5.88 Å². The summed E-state index contributed by atoms with van der Waals surface area (Å²) in [6, 6.07) is 10.9. The van der Waals surface area contributed by atoms with Crippen LogP contribution >= 0.6 is 23.2 Å². The quantitative estimate of drug-likeness (QED) is 0.462. The molecule has 0 spiro atoms. The van der Waals surface area contributed by atoms with E-state index in [1.54, 1.807) is 24.5 Å². The molecule has 2 aromatic heterocycles. The van der Waals surface area contributed by atoms with E-state index in [1.165, 1.54) is 0 Å². The summed E-state index contributed by atoms with van der Waals surface area (Å²) in [4.78, 5) is 11.9. The van der Waals surface area contributed by atoms with Gasteiger partial charge in [0.15, 0.2) is 6.10 Å². The van der Waals surface area contributed by atoms with E-state index in [4.69, 9.17) is 33.0 Å². The van der Waals surface area contributed by atoms with Crippen LogP contribution in [-0.2, 0) is 6.42 Å². The number of hydrogen-bond donors (Lipinski definition) is 3. The average molecular weight is 407 g/mol. The van der Waals surface area contributed by atoms with E-state index >= 15 is 0 Å². The van der Waals surface area contributed by atoms with Gasteiger partial charge in [0.05, 0.1) is 0 Å². The van der Waals surface area contributed by atoms with E-state index in [-0.39, 0.29) is 12.7 Å². The van der Waals surface area contributed by atoms with Gasteiger partial charge in [-0.3, -0.25) is 0 Å². The first-order chi connectivity index (χ1) is 13.1. The number of ether oxygens (including phenoxy) is 1. The largest absolute Gasteiger partial charge is 0.466 e. The number of nitrogens with zero attached hydrogens (tertiary/aromatic N) is 2. The molecule has 3 N–H and O–H groups in total. The average Bonchev–Trinajstić information content (AvgIpc) is 3.16. The fourth-order valence-corrected chi connectivity index (χ4v) is 3.18. The molecule has 3 aromatic rings. The highest BCUT2D eigenvalue weighted by Gasteiger charge is 2.18. The molecule has 0 aliphatic carbocycles. The Morgan fingerprint density at radius 1 is 1.19 bits per heavy atom. The molecule has 1 atom stereocenters. The summed E-state index contributed by atoms with van der Waals surface area (Å²) in [5.41, 5.74) is 0.936. The lowest BCUT2D eigenvalue weighted by Gasteiger charge is -2.18. The smallest absolute Gasteiger partial charge is 0.215 e. The van der Waals surface area contributed by atoms with Crippen molar-refractivity contribution in [1.29, 1.82) is 0 Å². The van der Waals surface area contributed by atoms with E-state index in [1.807, 2.05) is 24.3 Å². The van der Waals surface area contributed by atoms with E-state index in [0.717, 1.165) is 5.56 Å². The van der Waals surface area contributed by atoms with Crippen LogP contribution in [0.25, 0.3) is 0 Å². The van der Waals surface area contributed by atoms with Gasteiger partial charge in [-0.1, -0.05) is 29.3 Å². The number of pyridine rings is 1. The van der Waals surface area contributed by atoms with Crippen LogP contribution in [0.1, 0.15) is 23.9 Å². The van der Waals surface area contributed by atoms with Crippen LogP contribution in [0, 0.1) is 0 Å². The van der Waals surface area contributed by atoms with Crippen molar-refractivity contribution in [3.63, 3.8) is 0 Å². The number of nitrogens with one attached hydrogen (secondary N) is 2. The van der Waals surface area contributed by atoms with Crippen LogP contribution in [0.2, 0.25) is 10.0 Å². The predicted octanol–water partition coefficient (Wildman–Crippen LogP) is 4.27. The number of aromatic amines is 1. The van der Waals surface area contributed by atoms with Gasteiger partial charge >= 0.3 is 0 Å². The van der Waals surface area contributed by atoms with Crippen LogP contribution in [0.15, 0.2) is 48.8 Å². The number of benzene rings is 1. The molecule has 0 aliphatic heterocycles. The molecule has 0 saturated carbocycles. The molecule has 0 radical (unpaired) electrons. The summed E-state index contributed by atoms with van der Waals surface area (Å²) in [6.45, 7) is 0.765. The lowest BCUT2D eigenvalue weighted by atomic mass is 10.1. The SMILES string of the molecule is OCCCNc1cccc(OC(Cc2cc(Cl)cc(Cl)c2)c2ncc[nH]2)n1. The number of hydrogen-bond acceptors (Lipinski definition) is 5. The molecule has 0 aliphatic rings. The van der Waals surface area contributed by atoms with Gasteiger partial charge in [0, 0.05) is 48.1 Å². The minimum absolute atomic E-state index is 0.131. The lowest BCUT2D eigenvalue weighted by Crippen LogP contribution is -2.14. The summed E-state index contributed by atoms with van der Waals surface area (Å²) >= 11 is 12.2. The van der Waals surface area contributed by atoms with Gasteiger partial charge in [0.25, 0.3) is 0 Å². The Labute approximate surface area is 167 Å². The van der Waals surface area contributed by atoms with Crippen molar-refractivity contribution >= 4 is 29.0 Å². The van der Waals surface area contributed by atoms with E-state index < -0.39 is 0 Å². The maximum atomic E-state index is 8.89. The Morgan fingerprint density at radius 3 is 2.70 bits per heavy atom. The Hall–Kier alpha value is -2.28. The molecule has 3 rings (SSSR count). The Kier molecular flexibility index (Phi) is 6.92. The maximum absolute atomic E-state index is 8.89. The summed E-state index contributed by atoms with van der Waals surface area (Å²) in [7, 11) is 0. The van der Waals surface area contributed by atoms with Crippen LogP contribution < -0.4 is 10.1 Å². The number of aromatic nitrogens is 3. The molecular weight excluding hydrogens is 387 g/mol. The van der Waals surface area contributed by atoms with Gasteiger partial charge in [-0.05, 0) is 36.2 Å². The highest BCUT2D eigenvalue weighted by atomic mass is 35.5. The maximum Gasteiger partial charge on any atom is 0.215 e. The summed E-state index contributed by atoms with van der Waals surface area (Å²) in [5, 5.41) is 13.2. The number of aliphatic hydroxyl groups is 1. The van der Waals surface area contributed by atoms with Crippen molar-refractivity contribution in [2.24, 2.45) is 0 Å². The highest BCUT2D eigenvalue weighted by Crippen LogP contribution is 2.26. The molecule has 27 heavy (non-hydrogen) atoms. The monoisotopic (exact) mass is 406 g/mol. The fourth-order valence-electron chi connectivity index (χ4n) is 2.61. The molecule has 6 nitrogen and oxygen atoms in total. The molecule has 0 amide bonds.